The lowest BCUT2D eigenvalue weighted by Crippen LogP contribution is -2.14. The first kappa shape index (κ1) is 19.1. The van der Waals surface area contributed by atoms with Gasteiger partial charge in [0.15, 0.2) is 5.76 Å². The molecular formula is C23H17N3O4S. The third-order valence-electron chi connectivity index (χ3n) is 4.85. The molecule has 0 saturated heterocycles. The Bertz CT molecular complexity index is 1450. The molecule has 0 saturated carbocycles. The smallest absolute Gasteiger partial charge is 0.262 e. The minimum Gasteiger partial charge on any atom is -0.461 e. The maximum atomic E-state index is 13.2. The lowest BCUT2D eigenvalue weighted by Gasteiger charge is -2.13. The molecule has 0 unspecified atom stereocenters. The van der Waals surface area contributed by atoms with Crippen molar-refractivity contribution < 1.29 is 17.4 Å². The molecule has 154 valence electrons. The van der Waals surface area contributed by atoms with Crippen LogP contribution in [0, 0.1) is 0 Å². The molecule has 8 heteroatoms. The molecule has 5 rings (SSSR count). The Morgan fingerprint density at radius 2 is 1.68 bits per heavy atom. The van der Waals surface area contributed by atoms with Gasteiger partial charge in [0.05, 0.1) is 23.3 Å². The van der Waals surface area contributed by atoms with Crippen molar-refractivity contribution in [1.29, 1.82) is 0 Å². The molecule has 0 fully saturated rings. The molecule has 0 aliphatic carbocycles. The fraction of sp³-hybridized carbons (Fsp3) is 0.0435. The Morgan fingerprint density at radius 1 is 0.871 bits per heavy atom. The zero-order valence-electron chi connectivity index (χ0n) is 16.2. The molecule has 0 atom stereocenters. The first-order chi connectivity index (χ1) is 15.1. The summed E-state index contributed by atoms with van der Waals surface area (Å²) in [5.41, 5.74) is 1.16. The fourth-order valence-corrected chi connectivity index (χ4v) is 4.73. The van der Waals surface area contributed by atoms with E-state index in [4.69, 9.17) is 8.94 Å². The van der Waals surface area contributed by atoms with Crippen molar-refractivity contribution in [3.63, 3.8) is 0 Å². The van der Waals surface area contributed by atoms with Crippen LogP contribution in [-0.2, 0) is 16.4 Å². The number of furan rings is 1. The Balaban J connectivity index is 1.45. The number of hydrogen-bond acceptors (Lipinski definition) is 6. The standard InChI is InChI=1S/C23H17N3O4S/c27-31(28,21-13-5-9-16-7-1-3-10-18(16)21)26-19-11-4-2-8-17(19)15-22-24-23(25-30-22)20-12-6-14-29-20/h1-14,26H,15H2. The van der Waals surface area contributed by atoms with Crippen LogP contribution in [0.4, 0.5) is 5.69 Å². The number of benzene rings is 3. The topological polar surface area (TPSA) is 98.2 Å². The number of anilines is 1. The van der Waals surface area contributed by atoms with Gasteiger partial charge in [-0.15, -0.1) is 0 Å². The normalized spacial score (nSPS) is 11.6. The van der Waals surface area contributed by atoms with Crippen molar-refractivity contribution in [2.75, 3.05) is 4.72 Å². The summed E-state index contributed by atoms with van der Waals surface area (Å²) in [7, 11) is -3.82. The SMILES string of the molecule is O=S(=O)(Nc1ccccc1Cc1nc(-c2ccco2)no1)c1cccc2ccccc12. The van der Waals surface area contributed by atoms with E-state index >= 15 is 0 Å². The molecule has 2 heterocycles. The van der Waals surface area contributed by atoms with E-state index in [1.807, 2.05) is 36.4 Å². The van der Waals surface area contributed by atoms with Gasteiger partial charge < -0.3 is 8.94 Å². The van der Waals surface area contributed by atoms with Gasteiger partial charge in [0.1, 0.15) is 0 Å². The van der Waals surface area contributed by atoms with Crippen LogP contribution in [0.2, 0.25) is 0 Å². The lowest BCUT2D eigenvalue weighted by molar-refractivity contribution is 0.384. The third kappa shape index (κ3) is 3.80. The first-order valence-electron chi connectivity index (χ1n) is 9.55. The van der Waals surface area contributed by atoms with E-state index in [0.29, 0.717) is 34.1 Å². The summed E-state index contributed by atoms with van der Waals surface area (Å²) < 4.78 is 39.7. The predicted octanol–water partition coefficient (Wildman–Crippen LogP) is 4.87. The van der Waals surface area contributed by atoms with E-state index < -0.39 is 10.0 Å². The molecule has 0 radical (unpaired) electrons. The fourth-order valence-electron chi connectivity index (χ4n) is 3.40. The largest absolute Gasteiger partial charge is 0.461 e. The zero-order chi connectivity index (χ0) is 21.3. The molecule has 0 amide bonds. The van der Waals surface area contributed by atoms with Gasteiger partial charge in [-0.3, -0.25) is 4.72 Å². The summed E-state index contributed by atoms with van der Waals surface area (Å²) in [6.45, 7) is 0. The Morgan fingerprint density at radius 3 is 2.55 bits per heavy atom. The summed E-state index contributed by atoms with van der Waals surface area (Å²) in [5, 5.41) is 5.44. The van der Waals surface area contributed by atoms with Crippen molar-refractivity contribution in [1.82, 2.24) is 10.1 Å². The average Bonchev–Trinajstić information content (AvgIpc) is 3.46. The zero-order valence-corrected chi connectivity index (χ0v) is 17.0. The maximum Gasteiger partial charge on any atom is 0.262 e. The van der Waals surface area contributed by atoms with Crippen LogP contribution in [0.3, 0.4) is 0 Å². The lowest BCUT2D eigenvalue weighted by atomic mass is 10.1. The van der Waals surface area contributed by atoms with Crippen LogP contribution in [-0.4, -0.2) is 18.6 Å². The average molecular weight is 431 g/mol. The molecule has 2 aromatic heterocycles. The summed E-state index contributed by atoms with van der Waals surface area (Å²) in [6, 6.07) is 23.2. The van der Waals surface area contributed by atoms with Gasteiger partial charge in [0.2, 0.25) is 11.7 Å². The van der Waals surface area contributed by atoms with Gasteiger partial charge in [0, 0.05) is 5.39 Å². The summed E-state index contributed by atoms with van der Waals surface area (Å²) >= 11 is 0. The maximum absolute atomic E-state index is 13.2. The predicted molar refractivity (Wildman–Crippen MR) is 116 cm³/mol. The van der Waals surface area contributed by atoms with E-state index in [2.05, 4.69) is 14.9 Å². The number of sulfonamides is 1. The second-order valence-corrected chi connectivity index (χ2v) is 8.56. The first-order valence-corrected chi connectivity index (χ1v) is 11.0. The monoisotopic (exact) mass is 431 g/mol. The second-order valence-electron chi connectivity index (χ2n) is 6.91. The van der Waals surface area contributed by atoms with Crippen molar-refractivity contribution in [3.8, 4) is 11.6 Å². The molecule has 31 heavy (non-hydrogen) atoms. The van der Waals surface area contributed by atoms with Crippen LogP contribution >= 0.6 is 0 Å². The van der Waals surface area contributed by atoms with Crippen molar-refractivity contribution >= 4 is 26.5 Å². The summed E-state index contributed by atoms with van der Waals surface area (Å²) in [4.78, 5) is 4.56. The third-order valence-corrected chi connectivity index (χ3v) is 6.28. The Hall–Kier alpha value is -3.91. The Kier molecular flexibility index (Phi) is 4.76. The molecule has 0 bridgehead atoms. The van der Waals surface area contributed by atoms with E-state index in [0.717, 1.165) is 5.39 Å². The molecule has 1 N–H and O–H groups in total. The summed E-state index contributed by atoms with van der Waals surface area (Å²) in [5.74, 6) is 1.19. The van der Waals surface area contributed by atoms with Crippen LogP contribution in [0.25, 0.3) is 22.4 Å². The van der Waals surface area contributed by atoms with Crippen LogP contribution in [0.15, 0.2) is 99.0 Å². The van der Waals surface area contributed by atoms with Crippen molar-refractivity contribution in [3.05, 3.63) is 96.6 Å². The Labute approximate surface area is 178 Å². The highest BCUT2D eigenvalue weighted by Gasteiger charge is 2.20. The highest BCUT2D eigenvalue weighted by molar-refractivity contribution is 7.93. The second kappa shape index (κ2) is 7.73. The number of nitrogens with one attached hydrogen (secondary N) is 1. The number of rotatable bonds is 6. The number of para-hydroxylation sites is 1. The van der Waals surface area contributed by atoms with Gasteiger partial charge >= 0.3 is 0 Å². The van der Waals surface area contributed by atoms with Gasteiger partial charge in [-0.05, 0) is 35.2 Å². The van der Waals surface area contributed by atoms with Gasteiger partial charge in [-0.25, -0.2) is 8.42 Å². The number of fused-ring (bicyclic) bond motifs is 1. The quantitative estimate of drug-likeness (QED) is 0.412. The van der Waals surface area contributed by atoms with Gasteiger partial charge in [-0.2, -0.15) is 4.98 Å². The molecule has 0 aliphatic heterocycles. The molecule has 3 aromatic carbocycles. The number of nitrogens with zero attached hydrogens (tertiary/aromatic N) is 2. The van der Waals surface area contributed by atoms with Crippen LogP contribution < -0.4 is 4.72 Å². The molecule has 7 nitrogen and oxygen atoms in total. The number of hydrogen-bond donors (Lipinski definition) is 1. The van der Waals surface area contributed by atoms with Crippen molar-refractivity contribution in [2.45, 2.75) is 11.3 Å². The summed E-state index contributed by atoms with van der Waals surface area (Å²) in [6.07, 6.45) is 1.80. The highest BCUT2D eigenvalue weighted by atomic mass is 32.2. The minimum atomic E-state index is -3.82. The minimum absolute atomic E-state index is 0.221. The molecule has 0 aliphatic rings. The molecular weight excluding hydrogens is 414 g/mol. The van der Waals surface area contributed by atoms with E-state index in [1.54, 1.807) is 42.5 Å². The van der Waals surface area contributed by atoms with Gasteiger partial charge in [0.25, 0.3) is 10.0 Å². The molecule has 5 aromatic rings. The van der Waals surface area contributed by atoms with Crippen molar-refractivity contribution in [2.24, 2.45) is 0 Å². The van der Waals surface area contributed by atoms with Gasteiger partial charge in [-0.1, -0.05) is 59.8 Å². The van der Waals surface area contributed by atoms with E-state index in [-0.39, 0.29) is 11.3 Å². The molecule has 0 spiro atoms. The highest BCUT2D eigenvalue weighted by Crippen LogP contribution is 2.27. The van der Waals surface area contributed by atoms with Crippen LogP contribution in [0.5, 0.6) is 0 Å². The van der Waals surface area contributed by atoms with E-state index in [9.17, 15) is 8.42 Å². The van der Waals surface area contributed by atoms with Crippen LogP contribution in [0.1, 0.15) is 11.5 Å². The number of aromatic nitrogens is 2. The van der Waals surface area contributed by atoms with E-state index in [1.165, 1.54) is 6.26 Å².